The van der Waals surface area contributed by atoms with Gasteiger partial charge in [-0.3, -0.25) is 4.79 Å². The number of hydrogen-bond donors (Lipinski definition) is 0. The third-order valence-corrected chi connectivity index (χ3v) is 5.52. The maximum absolute atomic E-state index is 13.0. The first-order valence-corrected chi connectivity index (χ1v) is 9.02. The summed E-state index contributed by atoms with van der Waals surface area (Å²) in [5.74, 6) is 0.255. The molecule has 0 N–H and O–H groups in total. The number of morpholine rings is 1. The van der Waals surface area contributed by atoms with E-state index in [0.29, 0.717) is 13.0 Å². The van der Waals surface area contributed by atoms with Gasteiger partial charge in [0.2, 0.25) is 5.91 Å². The maximum Gasteiger partial charge on any atom is 0.223 e. The number of nitrogens with zero attached hydrogens (tertiary/aromatic N) is 1. The zero-order valence-electron chi connectivity index (χ0n) is 14.1. The predicted molar refractivity (Wildman–Crippen MR) is 92.8 cm³/mol. The molecule has 0 aromatic heterocycles. The van der Waals surface area contributed by atoms with Crippen molar-refractivity contribution in [2.45, 2.75) is 63.5 Å². The summed E-state index contributed by atoms with van der Waals surface area (Å²) >= 11 is 5.98. The Morgan fingerprint density at radius 1 is 1.26 bits per heavy atom. The SMILES string of the molecule is CC(C)(CC(=O)N1CCOC2CCCCC21)c1ccc(Cl)cc1. The van der Waals surface area contributed by atoms with Crippen molar-refractivity contribution in [2.24, 2.45) is 0 Å². The van der Waals surface area contributed by atoms with E-state index in [4.69, 9.17) is 16.3 Å². The quantitative estimate of drug-likeness (QED) is 0.829. The average Bonchev–Trinajstić information content (AvgIpc) is 2.54. The van der Waals surface area contributed by atoms with E-state index in [0.717, 1.165) is 30.0 Å². The molecule has 0 radical (unpaired) electrons. The third-order valence-electron chi connectivity index (χ3n) is 5.27. The summed E-state index contributed by atoms with van der Waals surface area (Å²) in [7, 11) is 0. The Morgan fingerprint density at radius 3 is 2.70 bits per heavy atom. The summed E-state index contributed by atoms with van der Waals surface area (Å²) in [6.45, 7) is 5.67. The van der Waals surface area contributed by atoms with E-state index in [9.17, 15) is 4.79 Å². The fourth-order valence-corrected chi connectivity index (χ4v) is 4.01. The van der Waals surface area contributed by atoms with Crippen LogP contribution < -0.4 is 0 Å². The number of carbonyl (C=O) groups excluding carboxylic acids is 1. The monoisotopic (exact) mass is 335 g/mol. The van der Waals surface area contributed by atoms with Crippen LogP contribution in [0.15, 0.2) is 24.3 Å². The molecule has 3 nitrogen and oxygen atoms in total. The number of ether oxygens (including phenoxy) is 1. The number of benzene rings is 1. The van der Waals surface area contributed by atoms with Crippen molar-refractivity contribution < 1.29 is 9.53 Å². The minimum absolute atomic E-state index is 0.190. The third kappa shape index (κ3) is 3.72. The van der Waals surface area contributed by atoms with Gasteiger partial charge in [-0.15, -0.1) is 0 Å². The number of carbonyl (C=O) groups is 1. The standard InChI is InChI=1S/C19H26ClNO2/c1-19(2,14-7-9-15(20)10-8-14)13-18(22)21-11-12-23-17-6-4-3-5-16(17)21/h7-10,16-17H,3-6,11-13H2,1-2H3. The Labute approximate surface area is 144 Å². The van der Waals surface area contributed by atoms with E-state index in [-0.39, 0.29) is 23.5 Å². The van der Waals surface area contributed by atoms with Crippen LogP contribution in [0.2, 0.25) is 5.02 Å². The van der Waals surface area contributed by atoms with E-state index in [2.05, 4.69) is 18.7 Å². The molecule has 2 atom stereocenters. The van der Waals surface area contributed by atoms with Crippen molar-refractivity contribution >= 4 is 17.5 Å². The van der Waals surface area contributed by atoms with Crippen LogP contribution in [0.1, 0.15) is 51.5 Å². The van der Waals surface area contributed by atoms with Gasteiger partial charge in [0.05, 0.1) is 18.8 Å². The van der Waals surface area contributed by atoms with Gasteiger partial charge < -0.3 is 9.64 Å². The molecular weight excluding hydrogens is 310 g/mol. The van der Waals surface area contributed by atoms with Crippen LogP contribution in [-0.4, -0.2) is 36.1 Å². The number of rotatable bonds is 3. The first-order chi connectivity index (χ1) is 11.0. The Balaban J connectivity index is 1.71. The van der Waals surface area contributed by atoms with Crippen molar-refractivity contribution in [3.05, 3.63) is 34.9 Å². The molecule has 2 fully saturated rings. The molecule has 1 aliphatic carbocycles. The molecule has 2 aliphatic rings. The van der Waals surface area contributed by atoms with E-state index >= 15 is 0 Å². The van der Waals surface area contributed by atoms with E-state index in [1.807, 2.05) is 24.3 Å². The van der Waals surface area contributed by atoms with Crippen molar-refractivity contribution in [3.63, 3.8) is 0 Å². The highest BCUT2D eigenvalue weighted by Gasteiger charge is 2.38. The summed E-state index contributed by atoms with van der Waals surface area (Å²) in [6.07, 6.45) is 5.37. The lowest BCUT2D eigenvalue weighted by molar-refractivity contribution is -0.150. The summed E-state index contributed by atoms with van der Waals surface area (Å²) < 4.78 is 5.88. The second-order valence-corrected chi connectivity index (χ2v) is 7.85. The van der Waals surface area contributed by atoms with Gasteiger partial charge in [-0.25, -0.2) is 0 Å². The Morgan fingerprint density at radius 2 is 1.96 bits per heavy atom. The molecule has 4 heteroatoms. The number of halogens is 1. The van der Waals surface area contributed by atoms with Gasteiger partial charge in [0.25, 0.3) is 0 Å². The van der Waals surface area contributed by atoms with Crippen LogP contribution >= 0.6 is 11.6 Å². The molecule has 0 bridgehead atoms. The largest absolute Gasteiger partial charge is 0.374 e. The topological polar surface area (TPSA) is 29.5 Å². The van der Waals surface area contributed by atoms with Gasteiger partial charge in [-0.1, -0.05) is 50.4 Å². The molecule has 0 spiro atoms. The molecule has 1 heterocycles. The van der Waals surface area contributed by atoms with Crippen molar-refractivity contribution in [3.8, 4) is 0 Å². The van der Waals surface area contributed by atoms with Crippen molar-refractivity contribution in [1.29, 1.82) is 0 Å². The second kappa shape index (κ2) is 6.82. The average molecular weight is 336 g/mol. The molecule has 1 amide bonds. The molecule has 23 heavy (non-hydrogen) atoms. The van der Waals surface area contributed by atoms with E-state index in [1.165, 1.54) is 12.8 Å². The van der Waals surface area contributed by atoms with Crippen LogP contribution in [-0.2, 0) is 14.9 Å². The minimum Gasteiger partial charge on any atom is -0.374 e. The summed E-state index contributed by atoms with van der Waals surface area (Å²) in [5.41, 5.74) is 0.966. The number of amides is 1. The highest BCUT2D eigenvalue weighted by molar-refractivity contribution is 6.30. The van der Waals surface area contributed by atoms with Gasteiger partial charge in [-0.2, -0.15) is 0 Å². The smallest absolute Gasteiger partial charge is 0.223 e. The Bertz CT molecular complexity index is 553. The molecule has 3 rings (SSSR count). The summed E-state index contributed by atoms with van der Waals surface area (Å²) in [5, 5.41) is 0.731. The van der Waals surface area contributed by atoms with Crippen LogP contribution in [0.3, 0.4) is 0 Å². The highest BCUT2D eigenvalue weighted by atomic mass is 35.5. The van der Waals surface area contributed by atoms with Crippen LogP contribution in [0.4, 0.5) is 0 Å². The van der Waals surface area contributed by atoms with Gasteiger partial charge >= 0.3 is 0 Å². The van der Waals surface area contributed by atoms with Gasteiger partial charge in [-0.05, 0) is 36.0 Å². The molecule has 1 saturated heterocycles. The molecule has 126 valence electrons. The molecule has 1 saturated carbocycles. The van der Waals surface area contributed by atoms with E-state index < -0.39 is 0 Å². The fourth-order valence-electron chi connectivity index (χ4n) is 3.89. The molecule has 1 aliphatic heterocycles. The number of fused-ring (bicyclic) bond motifs is 1. The molecule has 1 aromatic rings. The lowest BCUT2D eigenvalue weighted by Gasteiger charge is -2.44. The Hall–Kier alpha value is -1.06. The zero-order chi connectivity index (χ0) is 16.4. The van der Waals surface area contributed by atoms with E-state index in [1.54, 1.807) is 0 Å². The summed E-state index contributed by atoms with van der Waals surface area (Å²) in [4.78, 5) is 15.0. The van der Waals surface area contributed by atoms with Crippen molar-refractivity contribution in [1.82, 2.24) is 4.90 Å². The van der Waals surface area contributed by atoms with Crippen LogP contribution in [0, 0.1) is 0 Å². The first kappa shape index (κ1) is 16.8. The fraction of sp³-hybridized carbons (Fsp3) is 0.632. The second-order valence-electron chi connectivity index (χ2n) is 7.42. The maximum atomic E-state index is 13.0. The normalized spacial score (nSPS) is 25.1. The predicted octanol–water partition coefficient (Wildman–Crippen LogP) is 4.18. The van der Waals surface area contributed by atoms with Gasteiger partial charge in [0, 0.05) is 18.0 Å². The van der Waals surface area contributed by atoms with Crippen LogP contribution in [0.5, 0.6) is 0 Å². The lowest BCUT2D eigenvalue weighted by atomic mass is 9.80. The lowest BCUT2D eigenvalue weighted by Crippen LogP contribution is -2.55. The first-order valence-electron chi connectivity index (χ1n) is 8.64. The van der Waals surface area contributed by atoms with Gasteiger partial charge in [0.15, 0.2) is 0 Å². The highest BCUT2D eigenvalue weighted by Crippen LogP contribution is 2.32. The van der Waals surface area contributed by atoms with Crippen LogP contribution in [0.25, 0.3) is 0 Å². The molecule has 2 unspecified atom stereocenters. The van der Waals surface area contributed by atoms with Crippen molar-refractivity contribution in [2.75, 3.05) is 13.2 Å². The minimum atomic E-state index is -0.190. The number of hydrogen-bond acceptors (Lipinski definition) is 2. The zero-order valence-corrected chi connectivity index (χ0v) is 14.8. The molecular formula is C19H26ClNO2. The Kier molecular flexibility index (Phi) is 4.98. The van der Waals surface area contributed by atoms with Gasteiger partial charge in [0.1, 0.15) is 0 Å². The molecule has 1 aromatic carbocycles. The summed E-state index contributed by atoms with van der Waals surface area (Å²) in [6, 6.07) is 8.13.